The van der Waals surface area contributed by atoms with E-state index < -0.39 is 11.8 Å². The average Bonchev–Trinajstić information content (AvgIpc) is 2.28. The SMILES string of the molecule is O=C1Nc2ccccc2C2(CCCC(Cl)N2)O1. The number of para-hydroxylation sites is 1. The minimum Gasteiger partial charge on any atom is -0.423 e. The van der Waals surface area contributed by atoms with Gasteiger partial charge in [0, 0.05) is 12.0 Å². The molecular weight excluding hydrogens is 240 g/mol. The molecule has 2 aliphatic rings. The molecule has 2 N–H and O–H groups in total. The van der Waals surface area contributed by atoms with E-state index in [9.17, 15) is 4.79 Å². The van der Waals surface area contributed by atoms with Crippen LogP contribution in [0.1, 0.15) is 24.8 Å². The van der Waals surface area contributed by atoms with Crippen LogP contribution in [0.4, 0.5) is 10.5 Å². The third-order valence-corrected chi connectivity index (χ3v) is 3.57. The zero-order valence-electron chi connectivity index (χ0n) is 9.20. The summed E-state index contributed by atoms with van der Waals surface area (Å²) in [5, 5.41) is 5.90. The van der Waals surface area contributed by atoms with Gasteiger partial charge in [0.05, 0.1) is 11.2 Å². The van der Waals surface area contributed by atoms with Crippen molar-refractivity contribution in [3.8, 4) is 0 Å². The first-order valence-electron chi connectivity index (χ1n) is 5.71. The number of amides is 1. The van der Waals surface area contributed by atoms with Crippen LogP contribution in [0.25, 0.3) is 0 Å². The fraction of sp³-hybridized carbons (Fsp3) is 0.417. The van der Waals surface area contributed by atoms with Crippen LogP contribution >= 0.6 is 11.6 Å². The van der Waals surface area contributed by atoms with Gasteiger partial charge < -0.3 is 4.74 Å². The number of halogens is 1. The Morgan fingerprint density at radius 2 is 2.24 bits per heavy atom. The number of alkyl halides is 1. The van der Waals surface area contributed by atoms with E-state index in [1.54, 1.807) is 0 Å². The summed E-state index contributed by atoms with van der Waals surface area (Å²) >= 11 is 6.13. The van der Waals surface area contributed by atoms with Gasteiger partial charge in [-0.15, -0.1) is 11.6 Å². The summed E-state index contributed by atoms with van der Waals surface area (Å²) < 4.78 is 5.47. The van der Waals surface area contributed by atoms with E-state index in [1.165, 1.54) is 0 Å². The van der Waals surface area contributed by atoms with Gasteiger partial charge in [0.1, 0.15) is 0 Å². The Balaban J connectivity index is 2.07. The maximum absolute atomic E-state index is 11.6. The Hall–Kier alpha value is -1.26. The van der Waals surface area contributed by atoms with Crippen molar-refractivity contribution in [1.82, 2.24) is 5.32 Å². The van der Waals surface area contributed by atoms with Crippen molar-refractivity contribution >= 4 is 23.4 Å². The second kappa shape index (κ2) is 3.89. The summed E-state index contributed by atoms with van der Waals surface area (Å²) in [5.41, 5.74) is 0.818. The van der Waals surface area contributed by atoms with Crippen LogP contribution < -0.4 is 10.6 Å². The molecular formula is C12H13ClN2O2. The molecule has 4 nitrogen and oxygen atoms in total. The number of fused-ring (bicyclic) bond motifs is 2. The molecule has 0 bridgehead atoms. The molecule has 3 rings (SSSR count). The predicted molar refractivity (Wildman–Crippen MR) is 64.9 cm³/mol. The van der Waals surface area contributed by atoms with Gasteiger partial charge in [0.2, 0.25) is 0 Å². The van der Waals surface area contributed by atoms with Gasteiger partial charge in [-0.05, 0) is 18.9 Å². The highest BCUT2D eigenvalue weighted by Crippen LogP contribution is 2.40. The topological polar surface area (TPSA) is 50.4 Å². The van der Waals surface area contributed by atoms with Gasteiger partial charge in [-0.25, -0.2) is 4.79 Å². The second-order valence-corrected chi connectivity index (χ2v) is 4.92. The number of rotatable bonds is 0. The van der Waals surface area contributed by atoms with Crippen LogP contribution in [0.2, 0.25) is 0 Å². The zero-order chi connectivity index (χ0) is 11.9. The summed E-state index contributed by atoms with van der Waals surface area (Å²) in [6.07, 6.45) is 2.14. The third-order valence-electron chi connectivity index (χ3n) is 3.24. The molecule has 1 spiro atoms. The molecule has 1 aromatic rings. The molecule has 17 heavy (non-hydrogen) atoms. The van der Waals surface area contributed by atoms with E-state index >= 15 is 0 Å². The van der Waals surface area contributed by atoms with E-state index in [-0.39, 0.29) is 5.50 Å². The molecule has 0 aromatic heterocycles. The van der Waals surface area contributed by atoms with Crippen molar-refractivity contribution in [2.75, 3.05) is 5.32 Å². The van der Waals surface area contributed by atoms with Crippen LogP contribution in [0.15, 0.2) is 24.3 Å². The Bertz CT molecular complexity index is 466. The van der Waals surface area contributed by atoms with Crippen molar-refractivity contribution in [2.45, 2.75) is 30.5 Å². The molecule has 1 aromatic carbocycles. The molecule has 90 valence electrons. The quantitative estimate of drug-likeness (QED) is 0.551. The van der Waals surface area contributed by atoms with Crippen molar-refractivity contribution < 1.29 is 9.53 Å². The maximum Gasteiger partial charge on any atom is 0.413 e. The lowest BCUT2D eigenvalue weighted by atomic mass is 9.91. The minimum atomic E-state index is -0.760. The molecule has 2 heterocycles. The Kier molecular flexibility index (Phi) is 2.49. The molecule has 0 radical (unpaired) electrons. The third kappa shape index (κ3) is 1.77. The average molecular weight is 253 g/mol. The van der Waals surface area contributed by atoms with E-state index in [0.29, 0.717) is 0 Å². The number of nitrogens with one attached hydrogen (secondary N) is 2. The molecule has 2 atom stereocenters. The van der Waals surface area contributed by atoms with Gasteiger partial charge in [0.25, 0.3) is 0 Å². The van der Waals surface area contributed by atoms with Crippen molar-refractivity contribution in [2.24, 2.45) is 0 Å². The summed E-state index contributed by atoms with van der Waals surface area (Å²) in [7, 11) is 0. The minimum absolute atomic E-state index is 0.164. The molecule has 0 aliphatic carbocycles. The van der Waals surface area contributed by atoms with Gasteiger partial charge >= 0.3 is 6.09 Å². The van der Waals surface area contributed by atoms with E-state index in [1.807, 2.05) is 24.3 Å². The molecule has 0 saturated carbocycles. The van der Waals surface area contributed by atoms with Gasteiger partial charge in [-0.2, -0.15) is 0 Å². The van der Waals surface area contributed by atoms with Crippen LogP contribution in [0.3, 0.4) is 0 Å². The first kappa shape index (κ1) is 10.9. The van der Waals surface area contributed by atoms with Crippen LogP contribution in [-0.2, 0) is 10.5 Å². The highest BCUT2D eigenvalue weighted by Gasteiger charge is 2.44. The van der Waals surface area contributed by atoms with Crippen molar-refractivity contribution in [3.05, 3.63) is 29.8 Å². The molecule has 2 unspecified atom stereocenters. The van der Waals surface area contributed by atoms with Crippen molar-refractivity contribution in [3.63, 3.8) is 0 Å². The number of hydrogen-bond donors (Lipinski definition) is 2. The first-order valence-corrected chi connectivity index (χ1v) is 6.14. The van der Waals surface area contributed by atoms with E-state index in [2.05, 4.69) is 10.6 Å². The second-order valence-electron chi connectivity index (χ2n) is 4.39. The van der Waals surface area contributed by atoms with Crippen molar-refractivity contribution in [1.29, 1.82) is 0 Å². The van der Waals surface area contributed by atoms with E-state index in [0.717, 1.165) is 30.5 Å². The molecule has 1 saturated heterocycles. The lowest BCUT2D eigenvalue weighted by Crippen LogP contribution is -2.54. The molecule has 1 fully saturated rings. The summed E-state index contributed by atoms with van der Waals surface area (Å²) in [4.78, 5) is 11.6. The molecule has 1 amide bonds. The fourth-order valence-corrected chi connectivity index (χ4v) is 2.84. The number of carbonyl (C=O) groups excluding carboxylic acids is 1. The Labute approximate surface area is 104 Å². The number of piperidine rings is 1. The lowest BCUT2D eigenvalue weighted by Gasteiger charge is -2.43. The number of benzene rings is 1. The number of hydrogen-bond acceptors (Lipinski definition) is 3. The lowest BCUT2D eigenvalue weighted by molar-refractivity contribution is -0.0422. The van der Waals surface area contributed by atoms with Gasteiger partial charge in [-0.1, -0.05) is 18.2 Å². The fourth-order valence-electron chi connectivity index (χ4n) is 2.51. The predicted octanol–water partition coefficient (Wildman–Crippen LogP) is 2.74. The Morgan fingerprint density at radius 1 is 1.41 bits per heavy atom. The van der Waals surface area contributed by atoms with Crippen LogP contribution in [-0.4, -0.2) is 11.6 Å². The number of carbonyl (C=O) groups is 1. The van der Waals surface area contributed by atoms with Gasteiger partial charge in [-0.3, -0.25) is 10.6 Å². The highest BCUT2D eigenvalue weighted by molar-refractivity contribution is 6.20. The zero-order valence-corrected chi connectivity index (χ0v) is 9.96. The summed E-state index contributed by atoms with van der Waals surface area (Å²) in [6, 6.07) is 7.65. The standard InChI is InChI=1S/C12H13ClN2O2/c13-10-6-3-7-12(15-10)8-4-1-2-5-9(8)14-11(16)17-12/h1-2,4-5,10,15H,3,6-7H2,(H,14,16). The Morgan fingerprint density at radius 3 is 3.06 bits per heavy atom. The number of ether oxygens (including phenoxy) is 1. The first-order chi connectivity index (χ1) is 8.20. The van der Waals surface area contributed by atoms with Crippen LogP contribution in [0, 0.1) is 0 Å². The summed E-state index contributed by atoms with van der Waals surface area (Å²) in [6.45, 7) is 0. The van der Waals surface area contributed by atoms with Crippen LogP contribution in [0.5, 0.6) is 0 Å². The number of anilines is 1. The summed E-state index contributed by atoms with van der Waals surface area (Å²) in [5.74, 6) is 0. The van der Waals surface area contributed by atoms with Gasteiger partial charge in [0.15, 0.2) is 5.72 Å². The monoisotopic (exact) mass is 252 g/mol. The highest BCUT2D eigenvalue weighted by atomic mass is 35.5. The van der Waals surface area contributed by atoms with E-state index in [4.69, 9.17) is 16.3 Å². The normalized spacial score (nSPS) is 31.6. The molecule has 5 heteroatoms. The molecule has 2 aliphatic heterocycles. The smallest absolute Gasteiger partial charge is 0.413 e. The largest absolute Gasteiger partial charge is 0.423 e. The maximum atomic E-state index is 11.6.